The van der Waals surface area contributed by atoms with Crippen molar-refractivity contribution in [2.75, 3.05) is 13.2 Å². The fourth-order valence-electron chi connectivity index (χ4n) is 2.03. The molecule has 112 valence electrons. The van der Waals surface area contributed by atoms with Gasteiger partial charge in [-0.3, -0.25) is 4.79 Å². The van der Waals surface area contributed by atoms with Gasteiger partial charge in [0.2, 0.25) is 5.91 Å². The summed E-state index contributed by atoms with van der Waals surface area (Å²) in [5, 5.41) is 2.91. The van der Waals surface area contributed by atoms with Crippen molar-refractivity contribution >= 4 is 5.91 Å². The Morgan fingerprint density at radius 3 is 2.50 bits per heavy atom. The summed E-state index contributed by atoms with van der Waals surface area (Å²) in [6, 6.07) is 9.38. The Kier molecular flexibility index (Phi) is 6.17. The van der Waals surface area contributed by atoms with E-state index in [0.29, 0.717) is 13.2 Å². The maximum Gasteiger partial charge on any atom is 0.224 e. The van der Waals surface area contributed by atoms with Gasteiger partial charge in [0.1, 0.15) is 0 Å². The van der Waals surface area contributed by atoms with Crippen molar-refractivity contribution in [3.05, 3.63) is 35.9 Å². The molecular formula is C16H26N2O2. The Labute approximate surface area is 121 Å². The number of rotatable bonds is 7. The van der Waals surface area contributed by atoms with E-state index in [0.717, 1.165) is 5.56 Å². The number of carbonyl (C=O) groups excluding carboxylic acids is 1. The number of hydrogen-bond donors (Lipinski definition) is 2. The molecule has 1 rings (SSSR count). The average Bonchev–Trinajstić information content (AvgIpc) is 2.44. The topological polar surface area (TPSA) is 64.3 Å². The SMILES string of the molecule is CCOC(C)(C)CNC(=O)C(C)C(N)c1ccccc1. The molecule has 4 heteroatoms. The second-order valence-corrected chi connectivity index (χ2v) is 5.64. The van der Waals surface area contributed by atoms with Crippen molar-refractivity contribution in [3.8, 4) is 0 Å². The first-order valence-electron chi connectivity index (χ1n) is 7.09. The molecule has 0 fully saturated rings. The predicted octanol–water partition coefficient (Wildman–Crippen LogP) is 2.25. The van der Waals surface area contributed by atoms with Crippen molar-refractivity contribution in [2.45, 2.75) is 39.3 Å². The van der Waals surface area contributed by atoms with Gasteiger partial charge in [-0.1, -0.05) is 37.3 Å². The molecule has 1 aromatic rings. The van der Waals surface area contributed by atoms with Crippen LogP contribution in [-0.2, 0) is 9.53 Å². The summed E-state index contributed by atoms with van der Waals surface area (Å²) in [5.74, 6) is -0.330. The number of nitrogens with two attached hydrogens (primary N) is 1. The summed E-state index contributed by atoms with van der Waals surface area (Å²) in [6.07, 6.45) is 0. The average molecular weight is 278 g/mol. The fraction of sp³-hybridized carbons (Fsp3) is 0.562. The molecule has 0 spiro atoms. The lowest BCUT2D eigenvalue weighted by atomic mass is 9.94. The van der Waals surface area contributed by atoms with E-state index >= 15 is 0 Å². The third-order valence-corrected chi connectivity index (χ3v) is 3.36. The van der Waals surface area contributed by atoms with Gasteiger partial charge in [-0.25, -0.2) is 0 Å². The summed E-state index contributed by atoms with van der Waals surface area (Å²) >= 11 is 0. The molecule has 0 bridgehead atoms. The van der Waals surface area contributed by atoms with Gasteiger partial charge in [0.05, 0.1) is 11.5 Å². The van der Waals surface area contributed by atoms with Crippen LogP contribution in [-0.4, -0.2) is 24.7 Å². The molecule has 0 saturated heterocycles. The summed E-state index contributed by atoms with van der Waals surface area (Å²) < 4.78 is 5.56. The van der Waals surface area contributed by atoms with Gasteiger partial charge in [0, 0.05) is 19.2 Å². The number of nitrogens with one attached hydrogen (secondary N) is 1. The van der Waals surface area contributed by atoms with E-state index in [-0.39, 0.29) is 23.5 Å². The number of hydrogen-bond acceptors (Lipinski definition) is 3. The molecule has 1 aromatic carbocycles. The van der Waals surface area contributed by atoms with E-state index in [2.05, 4.69) is 5.32 Å². The summed E-state index contributed by atoms with van der Waals surface area (Å²) in [5.41, 5.74) is 6.76. The summed E-state index contributed by atoms with van der Waals surface area (Å²) in [6.45, 7) is 8.81. The lowest BCUT2D eigenvalue weighted by molar-refractivity contribution is -0.126. The Hall–Kier alpha value is -1.39. The van der Waals surface area contributed by atoms with Crippen LogP contribution < -0.4 is 11.1 Å². The van der Waals surface area contributed by atoms with Crippen LogP contribution in [0.3, 0.4) is 0 Å². The minimum atomic E-state index is -0.360. The highest BCUT2D eigenvalue weighted by Gasteiger charge is 2.24. The molecule has 2 atom stereocenters. The number of ether oxygens (including phenoxy) is 1. The summed E-state index contributed by atoms with van der Waals surface area (Å²) in [4.78, 5) is 12.2. The fourth-order valence-corrected chi connectivity index (χ4v) is 2.03. The van der Waals surface area contributed by atoms with Crippen molar-refractivity contribution < 1.29 is 9.53 Å². The smallest absolute Gasteiger partial charge is 0.224 e. The van der Waals surface area contributed by atoms with Crippen LogP contribution in [0.5, 0.6) is 0 Å². The highest BCUT2D eigenvalue weighted by Crippen LogP contribution is 2.19. The zero-order chi connectivity index (χ0) is 15.2. The van der Waals surface area contributed by atoms with Crippen molar-refractivity contribution in [1.29, 1.82) is 0 Å². The Balaban J connectivity index is 2.55. The maximum absolute atomic E-state index is 12.2. The lowest BCUT2D eigenvalue weighted by Gasteiger charge is -2.27. The van der Waals surface area contributed by atoms with E-state index in [1.807, 2.05) is 58.0 Å². The minimum absolute atomic E-state index is 0.0471. The van der Waals surface area contributed by atoms with Gasteiger partial charge in [-0.05, 0) is 26.3 Å². The van der Waals surface area contributed by atoms with Crippen LogP contribution in [0.15, 0.2) is 30.3 Å². The van der Waals surface area contributed by atoms with E-state index < -0.39 is 0 Å². The summed E-state index contributed by atoms with van der Waals surface area (Å²) in [7, 11) is 0. The van der Waals surface area contributed by atoms with Gasteiger partial charge in [0.15, 0.2) is 0 Å². The molecule has 4 nitrogen and oxygen atoms in total. The van der Waals surface area contributed by atoms with Crippen LogP contribution in [0.25, 0.3) is 0 Å². The zero-order valence-electron chi connectivity index (χ0n) is 12.8. The minimum Gasteiger partial charge on any atom is -0.374 e. The van der Waals surface area contributed by atoms with Crippen LogP contribution in [0, 0.1) is 5.92 Å². The molecular weight excluding hydrogens is 252 g/mol. The first-order valence-corrected chi connectivity index (χ1v) is 7.09. The van der Waals surface area contributed by atoms with Crippen molar-refractivity contribution in [1.82, 2.24) is 5.32 Å². The first kappa shape index (κ1) is 16.7. The first-order chi connectivity index (χ1) is 9.37. The number of carbonyl (C=O) groups is 1. The lowest BCUT2D eigenvalue weighted by Crippen LogP contribution is -2.44. The highest BCUT2D eigenvalue weighted by atomic mass is 16.5. The molecule has 0 aliphatic rings. The van der Waals surface area contributed by atoms with Crippen LogP contribution >= 0.6 is 0 Å². The van der Waals surface area contributed by atoms with Gasteiger partial charge in [-0.15, -0.1) is 0 Å². The monoisotopic (exact) mass is 278 g/mol. The zero-order valence-corrected chi connectivity index (χ0v) is 12.8. The van der Waals surface area contributed by atoms with Crippen molar-refractivity contribution in [3.63, 3.8) is 0 Å². The van der Waals surface area contributed by atoms with E-state index in [4.69, 9.17) is 10.5 Å². The third-order valence-electron chi connectivity index (χ3n) is 3.36. The molecule has 0 saturated carbocycles. The Morgan fingerprint density at radius 1 is 1.35 bits per heavy atom. The Bertz CT molecular complexity index is 418. The quantitative estimate of drug-likeness (QED) is 0.804. The second kappa shape index (κ2) is 7.41. The van der Waals surface area contributed by atoms with Gasteiger partial charge in [-0.2, -0.15) is 0 Å². The van der Waals surface area contributed by atoms with Crippen LogP contribution in [0.4, 0.5) is 0 Å². The van der Waals surface area contributed by atoms with E-state index in [1.54, 1.807) is 0 Å². The molecule has 20 heavy (non-hydrogen) atoms. The third kappa shape index (κ3) is 4.94. The van der Waals surface area contributed by atoms with Crippen LogP contribution in [0.1, 0.15) is 39.3 Å². The van der Waals surface area contributed by atoms with Gasteiger partial charge in [0.25, 0.3) is 0 Å². The normalized spacial score (nSPS) is 14.7. The van der Waals surface area contributed by atoms with Gasteiger partial charge >= 0.3 is 0 Å². The Morgan fingerprint density at radius 2 is 1.95 bits per heavy atom. The van der Waals surface area contributed by atoms with Crippen LogP contribution in [0.2, 0.25) is 0 Å². The highest BCUT2D eigenvalue weighted by molar-refractivity contribution is 5.79. The van der Waals surface area contributed by atoms with Gasteiger partial charge < -0.3 is 15.8 Å². The molecule has 1 amide bonds. The molecule has 2 unspecified atom stereocenters. The predicted molar refractivity (Wildman–Crippen MR) is 81.2 cm³/mol. The molecule has 0 aromatic heterocycles. The second-order valence-electron chi connectivity index (χ2n) is 5.64. The van der Waals surface area contributed by atoms with E-state index in [9.17, 15) is 4.79 Å². The maximum atomic E-state index is 12.2. The van der Waals surface area contributed by atoms with E-state index in [1.165, 1.54) is 0 Å². The van der Waals surface area contributed by atoms with Crippen molar-refractivity contribution in [2.24, 2.45) is 11.7 Å². The number of amides is 1. The standard InChI is InChI=1S/C16H26N2O2/c1-5-20-16(3,4)11-18-15(19)12(2)14(17)13-9-7-6-8-10-13/h6-10,12,14H,5,11,17H2,1-4H3,(H,18,19). The molecule has 3 N–H and O–H groups in total. The molecule has 0 aliphatic carbocycles. The molecule has 0 aliphatic heterocycles. The molecule has 0 radical (unpaired) electrons. The number of benzene rings is 1. The molecule has 0 heterocycles. The largest absolute Gasteiger partial charge is 0.374 e.